The number of hydrogen-bond acceptors (Lipinski definition) is 0. The Labute approximate surface area is 156 Å². The first-order valence-corrected chi connectivity index (χ1v) is 11.7. The molecule has 126 valence electrons. The van der Waals surface area contributed by atoms with E-state index < -0.39 is 14.1 Å². The topological polar surface area (TPSA) is 0 Å². The normalized spacial score (nSPS) is 10.7. The Hall–Kier alpha value is -1.81. The van der Waals surface area contributed by atoms with Gasteiger partial charge in [-0.05, 0) is 20.8 Å². The van der Waals surface area contributed by atoms with Crippen LogP contribution < -0.4 is 0 Å². The Bertz CT molecular complexity index is 670. The molecule has 0 aromatic heterocycles. The summed E-state index contributed by atoms with van der Waals surface area (Å²) < 4.78 is 0. The molecule has 0 aliphatic carbocycles. The molecule has 0 radical (unpaired) electrons. The van der Waals surface area contributed by atoms with Crippen LogP contribution >= 0.6 is 0 Å². The summed E-state index contributed by atoms with van der Waals surface area (Å²) in [4.78, 5) is 0. The summed E-state index contributed by atoms with van der Waals surface area (Å²) in [6.07, 6.45) is 0. The van der Waals surface area contributed by atoms with Crippen LogP contribution in [0.15, 0.2) is 72.8 Å². The lowest BCUT2D eigenvalue weighted by atomic mass is 10.2. The van der Waals surface area contributed by atoms with Gasteiger partial charge in [-0.25, -0.2) is 0 Å². The Morgan fingerprint density at radius 1 is 0.440 bits per heavy atom. The fraction of sp³-hybridized carbons (Fsp3) is 0.250. The lowest BCUT2D eigenvalue weighted by Crippen LogP contribution is -2.24. The van der Waals surface area contributed by atoms with Crippen molar-refractivity contribution in [3.05, 3.63) is 106 Å². The summed E-state index contributed by atoms with van der Waals surface area (Å²) in [5, 5.41) is 3.80. The van der Waals surface area contributed by atoms with Crippen molar-refractivity contribution in [2.75, 3.05) is 0 Å². The molecule has 0 fully saturated rings. The molecule has 0 aliphatic heterocycles. The molecular formula is C24H27Al. The average Bonchev–Trinajstić information content (AvgIpc) is 2.61. The van der Waals surface area contributed by atoms with Gasteiger partial charge >= 0.3 is 0 Å². The van der Waals surface area contributed by atoms with E-state index in [0.717, 1.165) is 0 Å². The molecule has 0 saturated carbocycles. The van der Waals surface area contributed by atoms with E-state index in [2.05, 4.69) is 93.6 Å². The Balaban J connectivity index is 1.77. The van der Waals surface area contributed by atoms with Crippen LogP contribution in [0, 0.1) is 20.8 Å². The predicted molar refractivity (Wildman–Crippen MR) is 110 cm³/mol. The number of benzene rings is 3. The molecule has 3 aromatic carbocycles. The summed E-state index contributed by atoms with van der Waals surface area (Å²) in [6, 6.07) is 27.4. The van der Waals surface area contributed by atoms with Gasteiger partial charge in [-0.15, -0.1) is 0 Å². The van der Waals surface area contributed by atoms with E-state index in [0.29, 0.717) is 0 Å². The lowest BCUT2D eigenvalue weighted by molar-refractivity contribution is 1.18. The maximum Gasteiger partial charge on any atom is 0.277 e. The van der Waals surface area contributed by atoms with Crippen molar-refractivity contribution in [1.29, 1.82) is 0 Å². The minimum absolute atomic E-state index is 0.961. The van der Waals surface area contributed by atoms with Gasteiger partial charge in [0.2, 0.25) is 0 Å². The van der Waals surface area contributed by atoms with Gasteiger partial charge in [-0.2, -0.15) is 0 Å². The van der Waals surface area contributed by atoms with Crippen LogP contribution in [0.2, 0.25) is 0 Å². The first-order valence-electron chi connectivity index (χ1n) is 9.25. The summed E-state index contributed by atoms with van der Waals surface area (Å²) in [7, 11) is 0. The molecule has 0 spiro atoms. The highest BCUT2D eigenvalue weighted by molar-refractivity contribution is 6.57. The zero-order valence-electron chi connectivity index (χ0n) is 15.6. The van der Waals surface area contributed by atoms with E-state index in [4.69, 9.17) is 0 Å². The van der Waals surface area contributed by atoms with E-state index in [-0.39, 0.29) is 0 Å². The van der Waals surface area contributed by atoms with Crippen molar-refractivity contribution in [3.63, 3.8) is 0 Å². The molecule has 0 aliphatic rings. The van der Waals surface area contributed by atoms with Crippen molar-refractivity contribution < 1.29 is 0 Å². The highest BCUT2D eigenvalue weighted by Gasteiger charge is 2.19. The maximum atomic E-state index is 2.32. The second-order valence-electron chi connectivity index (χ2n) is 7.44. The predicted octanol–water partition coefficient (Wildman–Crippen LogP) is 5.75. The first kappa shape index (κ1) is 18.0. The molecule has 0 atom stereocenters. The molecule has 0 N–H and O–H groups in total. The Morgan fingerprint density at radius 2 is 0.680 bits per heavy atom. The molecule has 0 saturated heterocycles. The van der Waals surface area contributed by atoms with Crippen LogP contribution in [0.3, 0.4) is 0 Å². The van der Waals surface area contributed by atoms with Crippen molar-refractivity contribution in [1.82, 2.24) is 0 Å². The summed E-state index contributed by atoms with van der Waals surface area (Å²) >= 11 is -0.961. The third kappa shape index (κ3) is 5.60. The van der Waals surface area contributed by atoms with E-state index in [1.807, 2.05) is 0 Å². The van der Waals surface area contributed by atoms with Gasteiger partial charge in [-0.1, -0.05) is 122 Å². The number of rotatable bonds is 6. The second kappa shape index (κ2) is 8.53. The quantitative estimate of drug-likeness (QED) is 0.500. The monoisotopic (exact) mass is 342 g/mol. The standard InChI is InChI=1S/3C8H9.Al/c3*1-7-3-5-8(2)6-4-7;/h3*3-6H,1H2,2H3;. The maximum absolute atomic E-state index is 2.32. The van der Waals surface area contributed by atoms with E-state index >= 15 is 0 Å². The molecule has 0 bridgehead atoms. The fourth-order valence-corrected chi connectivity index (χ4v) is 6.64. The third-order valence-corrected chi connectivity index (χ3v) is 8.08. The zero-order valence-corrected chi connectivity index (χ0v) is 16.8. The Kier molecular flexibility index (Phi) is 6.14. The molecule has 0 unspecified atom stereocenters. The first-order chi connectivity index (χ1) is 12.1. The van der Waals surface area contributed by atoms with Gasteiger partial charge < -0.3 is 0 Å². The van der Waals surface area contributed by atoms with Crippen molar-refractivity contribution in [2.45, 2.75) is 36.6 Å². The molecule has 3 rings (SSSR count). The van der Waals surface area contributed by atoms with Crippen LogP contribution in [0.25, 0.3) is 0 Å². The molecule has 0 amide bonds. The molecule has 0 heterocycles. The van der Waals surface area contributed by atoms with Crippen LogP contribution in [-0.2, 0) is 15.8 Å². The Morgan fingerprint density at radius 3 is 0.920 bits per heavy atom. The SMILES string of the molecule is Cc1ccc([CH2][Al]([CH2]c2ccc(C)cc2)[CH2]c2ccc(C)cc2)cc1. The number of aryl methyl sites for hydroxylation is 3. The molecule has 1 heteroatoms. The molecule has 3 aromatic rings. The lowest BCUT2D eigenvalue weighted by Gasteiger charge is -2.14. The van der Waals surface area contributed by atoms with Crippen LogP contribution in [0.5, 0.6) is 0 Å². The van der Waals surface area contributed by atoms with Gasteiger partial charge in [0, 0.05) is 0 Å². The van der Waals surface area contributed by atoms with Crippen molar-refractivity contribution >= 4 is 14.1 Å². The molecule has 25 heavy (non-hydrogen) atoms. The van der Waals surface area contributed by atoms with Crippen LogP contribution in [0.4, 0.5) is 0 Å². The highest BCUT2D eigenvalue weighted by Crippen LogP contribution is 2.15. The van der Waals surface area contributed by atoms with Gasteiger partial charge in [0.25, 0.3) is 14.1 Å². The van der Waals surface area contributed by atoms with Crippen LogP contribution in [0.1, 0.15) is 33.4 Å². The third-order valence-electron chi connectivity index (χ3n) is 4.93. The molecule has 0 nitrogen and oxygen atoms in total. The van der Waals surface area contributed by atoms with Gasteiger partial charge in [0.1, 0.15) is 0 Å². The van der Waals surface area contributed by atoms with E-state index in [9.17, 15) is 0 Å². The fourth-order valence-electron chi connectivity index (χ4n) is 3.39. The largest absolute Gasteiger partial charge is 0.277 e. The minimum atomic E-state index is -0.961. The van der Waals surface area contributed by atoms with Gasteiger partial charge in [0.15, 0.2) is 0 Å². The second-order valence-corrected chi connectivity index (χ2v) is 10.4. The summed E-state index contributed by atoms with van der Waals surface area (Å²) in [6.45, 7) is 6.49. The summed E-state index contributed by atoms with van der Waals surface area (Å²) in [5.41, 5.74) is 8.54. The highest BCUT2D eigenvalue weighted by atomic mass is 27.2. The summed E-state index contributed by atoms with van der Waals surface area (Å²) in [5.74, 6) is 0. The van der Waals surface area contributed by atoms with E-state index in [1.165, 1.54) is 49.2 Å². The van der Waals surface area contributed by atoms with Crippen molar-refractivity contribution in [2.24, 2.45) is 0 Å². The van der Waals surface area contributed by atoms with Crippen molar-refractivity contribution in [3.8, 4) is 0 Å². The smallest absolute Gasteiger partial charge is 0.0687 e. The van der Waals surface area contributed by atoms with E-state index in [1.54, 1.807) is 0 Å². The average molecular weight is 342 g/mol. The van der Waals surface area contributed by atoms with Gasteiger partial charge in [-0.3, -0.25) is 0 Å². The minimum Gasteiger partial charge on any atom is -0.0687 e. The van der Waals surface area contributed by atoms with Crippen LogP contribution in [-0.4, -0.2) is 14.1 Å². The zero-order chi connectivity index (χ0) is 17.6. The number of hydrogen-bond donors (Lipinski definition) is 0. The molecular weight excluding hydrogens is 315 g/mol. The van der Waals surface area contributed by atoms with Gasteiger partial charge in [0.05, 0.1) is 0 Å².